The van der Waals surface area contributed by atoms with Crippen LogP contribution in [0.5, 0.6) is 0 Å². The molecule has 0 radical (unpaired) electrons. The van der Waals surface area contributed by atoms with E-state index in [1.807, 2.05) is 0 Å². The number of furan rings is 1. The highest BCUT2D eigenvalue weighted by molar-refractivity contribution is 6.04. The number of pyridine rings is 1. The summed E-state index contributed by atoms with van der Waals surface area (Å²) in [6, 6.07) is 6.90. The number of amides is 1. The van der Waals surface area contributed by atoms with Crippen LogP contribution in [0.1, 0.15) is 10.4 Å². The van der Waals surface area contributed by atoms with E-state index in [1.165, 1.54) is 12.5 Å². The lowest BCUT2D eigenvalue weighted by Crippen LogP contribution is -2.14. The molecule has 0 unspecified atom stereocenters. The zero-order chi connectivity index (χ0) is 13.1. The Hall–Kier alpha value is -2.89. The van der Waals surface area contributed by atoms with E-state index in [0.29, 0.717) is 17.1 Å². The highest BCUT2D eigenvalue weighted by Crippen LogP contribution is 2.17. The summed E-state index contributed by atoms with van der Waals surface area (Å²) in [6.07, 6.45) is 7.89. The van der Waals surface area contributed by atoms with Crippen molar-refractivity contribution in [3.63, 3.8) is 0 Å². The van der Waals surface area contributed by atoms with Crippen molar-refractivity contribution in [2.24, 2.45) is 0 Å². The maximum absolute atomic E-state index is 12.0. The van der Waals surface area contributed by atoms with Gasteiger partial charge >= 0.3 is 0 Å². The molecular formula is C13H10N4O2. The Kier molecular flexibility index (Phi) is 2.82. The predicted octanol–water partition coefficient (Wildman–Crippen LogP) is 2.11. The summed E-state index contributed by atoms with van der Waals surface area (Å²) >= 11 is 0. The molecule has 6 nitrogen and oxygen atoms in total. The maximum Gasteiger partial charge on any atom is 0.259 e. The molecule has 0 fully saturated rings. The monoisotopic (exact) mass is 254 g/mol. The molecule has 19 heavy (non-hydrogen) atoms. The van der Waals surface area contributed by atoms with E-state index in [0.717, 1.165) is 0 Å². The van der Waals surface area contributed by atoms with Crippen molar-refractivity contribution in [2.75, 3.05) is 5.32 Å². The number of anilines is 1. The first-order chi connectivity index (χ1) is 9.34. The number of carbonyl (C=O) groups excluding carboxylic acids is 1. The average molecular weight is 254 g/mol. The van der Waals surface area contributed by atoms with Gasteiger partial charge in [-0.3, -0.25) is 4.79 Å². The summed E-state index contributed by atoms with van der Waals surface area (Å²) in [6.45, 7) is 0. The Morgan fingerprint density at radius 3 is 2.95 bits per heavy atom. The van der Waals surface area contributed by atoms with Crippen LogP contribution in [0.4, 0.5) is 5.69 Å². The van der Waals surface area contributed by atoms with Crippen LogP contribution in [0, 0.1) is 0 Å². The molecule has 0 spiro atoms. The van der Waals surface area contributed by atoms with Gasteiger partial charge in [0.15, 0.2) is 5.82 Å². The molecule has 0 aliphatic carbocycles. The molecule has 1 amide bonds. The third kappa shape index (κ3) is 2.23. The highest BCUT2D eigenvalue weighted by Gasteiger charge is 2.11. The molecule has 94 valence electrons. The van der Waals surface area contributed by atoms with Gasteiger partial charge in [-0.25, -0.2) is 9.67 Å². The van der Waals surface area contributed by atoms with Crippen molar-refractivity contribution in [2.45, 2.75) is 0 Å². The minimum atomic E-state index is -0.254. The zero-order valence-corrected chi connectivity index (χ0v) is 9.85. The third-order valence-electron chi connectivity index (χ3n) is 2.54. The van der Waals surface area contributed by atoms with Gasteiger partial charge in [0.1, 0.15) is 6.26 Å². The van der Waals surface area contributed by atoms with Gasteiger partial charge in [0.05, 0.1) is 17.5 Å². The highest BCUT2D eigenvalue weighted by atomic mass is 16.3. The smallest absolute Gasteiger partial charge is 0.259 e. The van der Waals surface area contributed by atoms with Crippen molar-refractivity contribution in [3.8, 4) is 5.82 Å². The SMILES string of the molecule is O=C(Nc1cccnc1-n1cccn1)c1ccoc1. The van der Waals surface area contributed by atoms with Gasteiger partial charge in [0.2, 0.25) is 0 Å². The Bertz CT molecular complexity index is 675. The summed E-state index contributed by atoms with van der Waals surface area (Å²) in [5, 5.41) is 6.88. The fourth-order valence-corrected chi connectivity index (χ4v) is 1.66. The molecule has 0 saturated carbocycles. The normalized spacial score (nSPS) is 10.3. The molecular weight excluding hydrogens is 244 g/mol. The van der Waals surface area contributed by atoms with Crippen LogP contribution in [0.2, 0.25) is 0 Å². The summed E-state index contributed by atoms with van der Waals surface area (Å²) < 4.78 is 6.47. The van der Waals surface area contributed by atoms with E-state index < -0.39 is 0 Å². The lowest BCUT2D eigenvalue weighted by molar-refractivity contribution is 0.102. The van der Waals surface area contributed by atoms with Crippen LogP contribution < -0.4 is 5.32 Å². The van der Waals surface area contributed by atoms with Crippen molar-refractivity contribution in [1.82, 2.24) is 14.8 Å². The second-order valence-electron chi connectivity index (χ2n) is 3.79. The lowest BCUT2D eigenvalue weighted by Gasteiger charge is -2.08. The largest absolute Gasteiger partial charge is 0.472 e. The van der Waals surface area contributed by atoms with Gasteiger partial charge in [-0.15, -0.1) is 0 Å². The quantitative estimate of drug-likeness (QED) is 0.776. The molecule has 6 heteroatoms. The van der Waals surface area contributed by atoms with Gasteiger partial charge < -0.3 is 9.73 Å². The Morgan fingerprint density at radius 1 is 1.26 bits per heavy atom. The predicted molar refractivity (Wildman–Crippen MR) is 68.0 cm³/mol. The third-order valence-corrected chi connectivity index (χ3v) is 2.54. The molecule has 0 aliphatic heterocycles. The van der Waals surface area contributed by atoms with Crippen LogP contribution >= 0.6 is 0 Å². The second-order valence-corrected chi connectivity index (χ2v) is 3.79. The van der Waals surface area contributed by atoms with E-state index in [2.05, 4.69) is 15.4 Å². The van der Waals surface area contributed by atoms with E-state index in [9.17, 15) is 4.79 Å². The van der Waals surface area contributed by atoms with Crippen LogP contribution in [-0.2, 0) is 0 Å². The number of nitrogens with one attached hydrogen (secondary N) is 1. The van der Waals surface area contributed by atoms with Gasteiger partial charge in [-0.05, 0) is 24.3 Å². The Morgan fingerprint density at radius 2 is 2.21 bits per heavy atom. The second kappa shape index (κ2) is 4.77. The van der Waals surface area contributed by atoms with Crippen LogP contribution in [-0.4, -0.2) is 20.7 Å². The van der Waals surface area contributed by atoms with Gasteiger partial charge in [0, 0.05) is 18.6 Å². The van der Waals surface area contributed by atoms with Gasteiger partial charge in [-0.1, -0.05) is 0 Å². The van der Waals surface area contributed by atoms with Crippen molar-refractivity contribution in [3.05, 3.63) is 60.9 Å². The number of hydrogen-bond donors (Lipinski definition) is 1. The van der Waals surface area contributed by atoms with Crippen molar-refractivity contribution < 1.29 is 9.21 Å². The fraction of sp³-hybridized carbons (Fsp3) is 0. The molecule has 0 atom stereocenters. The minimum Gasteiger partial charge on any atom is -0.472 e. The summed E-state index contributed by atoms with van der Waals surface area (Å²) in [5.74, 6) is 0.305. The number of hydrogen-bond acceptors (Lipinski definition) is 4. The minimum absolute atomic E-state index is 0.254. The van der Waals surface area contributed by atoms with Gasteiger partial charge in [0.25, 0.3) is 5.91 Å². The molecule has 0 saturated heterocycles. The molecule has 3 aromatic rings. The molecule has 3 aromatic heterocycles. The number of carbonyl (C=O) groups is 1. The topological polar surface area (TPSA) is 73.0 Å². The zero-order valence-electron chi connectivity index (χ0n) is 9.85. The van der Waals surface area contributed by atoms with E-state index >= 15 is 0 Å². The van der Waals surface area contributed by atoms with Crippen molar-refractivity contribution >= 4 is 11.6 Å². The Balaban J connectivity index is 1.92. The molecule has 0 aliphatic rings. The molecule has 3 rings (SSSR count). The van der Waals surface area contributed by atoms with Crippen LogP contribution in [0.3, 0.4) is 0 Å². The van der Waals surface area contributed by atoms with Crippen LogP contribution in [0.25, 0.3) is 5.82 Å². The average Bonchev–Trinajstić information content (AvgIpc) is 3.13. The molecule has 0 bridgehead atoms. The summed E-state index contributed by atoms with van der Waals surface area (Å²) in [7, 11) is 0. The molecule has 3 heterocycles. The summed E-state index contributed by atoms with van der Waals surface area (Å²) in [4.78, 5) is 16.2. The molecule has 0 aromatic carbocycles. The number of nitrogens with zero attached hydrogens (tertiary/aromatic N) is 3. The first-order valence-electron chi connectivity index (χ1n) is 5.63. The fourth-order valence-electron chi connectivity index (χ4n) is 1.66. The number of aromatic nitrogens is 3. The molecule has 1 N–H and O–H groups in total. The first kappa shape index (κ1) is 11.2. The Labute approximate surface area is 108 Å². The lowest BCUT2D eigenvalue weighted by atomic mass is 10.3. The van der Waals surface area contributed by atoms with E-state index in [1.54, 1.807) is 47.5 Å². The standard InChI is InChI=1S/C13H10N4O2/c18-13(10-4-8-19-9-10)16-11-3-1-5-14-12(11)17-7-2-6-15-17/h1-9H,(H,16,18). The summed E-state index contributed by atoms with van der Waals surface area (Å²) in [5.41, 5.74) is 1.03. The van der Waals surface area contributed by atoms with E-state index in [-0.39, 0.29) is 5.91 Å². The van der Waals surface area contributed by atoms with Crippen LogP contribution in [0.15, 0.2) is 59.8 Å². The number of rotatable bonds is 3. The van der Waals surface area contributed by atoms with E-state index in [4.69, 9.17) is 4.42 Å². The maximum atomic E-state index is 12.0. The van der Waals surface area contributed by atoms with Crippen molar-refractivity contribution in [1.29, 1.82) is 0 Å². The first-order valence-corrected chi connectivity index (χ1v) is 5.63. The van der Waals surface area contributed by atoms with Gasteiger partial charge in [-0.2, -0.15) is 5.10 Å².